The smallest absolute Gasteiger partial charge is 0.0593 e. The summed E-state index contributed by atoms with van der Waals surface area (Å²) in [4.78, 5) is 2.58. The zero-order valence-electron chi connectivity index (χ0n) is 11.9. The summed E-state index contributed by atoms with van der Waals surface area (Å²) in [6, 6.07) is 1.32. The topological polar surface area (TPSA) is 24.5 Å². The van der Waals surface area contributed by atoms with Gasteiger partial charge < -0.3 is 10.1 Å². The Morgan fingerprint density at radius 2 is 2.18 bits per heavy atom. The summed E-state index contributed by atoms with van der Waals surface area (Å²) in [5.74, 6) is 0. The van der Waals surface area contributed by atoms with Crippen molar-refractivity contribution < 1.29 is 4.74 Å². The predicted octanol–water partition coefficient (Wildman–Crippen LogP) is 2.27. The van der Waals surface area contributed by atoms with Gasteiger partial charge in [0.1, 0.15) is 0 Å². The molecule has 3 nitrogen and oxygen atoms in total. The Labute approximate surface area is 107 Å². The van der Waals surface area contributed by atoms with Gasteiger partial charge in [0.2, 0.25) is 0 Å². The van der Waals surface area contributed by atoms with Crippen LogP contribution in [-0.4, -0.2) is 49.8 Å². The van der Waals surface area contributed by atoms with Crippen molar-refractivity contribution in [2.24, 2.45) is 0 Å². The molecule has 0 spiro atoms. The van der Waals surface area contributed by atoms with E-state index in [1.54, 1.807) is 0 Å². The van der Waals surface area contributed by atoms with Crippen LogP contribution in [0.15, 0.2) is 0 Å². The Hall–Kier alpha value is -0.120. The summed E-state index contributed by atoms with van der Waals surface area (Å²) >= 11 is 0. The molecule has 3 heteroatoms. The fraction of sp³-hybridized carbons (Fsp3) is 1.00. The molecule has 1 saturated heterocycles. The molecular formula is C14H30N2O. The van der Waals surface area contributed by atoms with Crippen molar-refractivity contribution in [3.63, 3.8) is 0 Å². The Morgan fingerprint density at radius 3 is 2.88 bits per heavy atom. The summed E-state index contributed by atoms with van der Waals surface area (Å²) in [5, 5.41) is 3.55. The average molecular weight is 242 g/mol. The van der Waals surface area contributed by atoms with Gasteiger partial charge in [0.15, 0.2) is 0 Å². The van der Waals surface area contributed by atoms with Gasteiger partial charge in [-0.3, -0.25) is 4.90 Å². The molecule has 0 aromatic heterocycles. The highest BCUT2D eigenvalue weighted by Gasteiger charge is 2.23. The van der Waals surface area contributed by atoms with E-state index in [0.29, 0.717) is 6.04 Å². The molecule has 0 aromatic rings. The lowest BCUT2D eigenvalue weighted by Crippen LogP contribution is -2.41. The monoisotopic (exact) mass is 242 g/mol. The Kier molecular flexibility index (Phi) is 7.82. The molecule has 1 rings (SSSR count). The highest BCUT2D eigenvalue weighted by Crippen LogP contribution is 2.16. The van der Waals surface area contributed by atoms with E-state index in [4.69, 9.17) is 4.74 Å². The quantitative estimate of drug-likeness (QED) is 0.628. The molecule has 17 heavy (non-hydrogen) atoms. The van der Waals surface area contributed by atoms with Crippen LogP contribution in [0.3, 0.4) is 0 Å². The van der Waals surface area contributed by atoms with E-state index < -0.39 is 0 Å². The third-order valence-electron chi connectivity index (χ3n) is 3.43. The van der Waals surface area contributed by atoms with Crippen LogP contribution in [0.5, 0.6) is 0 Å². The van der Waals surface area contributed by atoms with Gasteiger partial charge in [-0.15, -0.1) is 0 Å². The SMILES string of the molecule is CCCCOCCN1CCCC1CNC(C)C. The van der Waals surface area contributed by atoms with Gasteiger partial charge in [0, 0.05) is 31.8 Å². The first kappa shape index (κ1) is 14.9. The lowest BCUT2D eigenvalue weighted by Gasteiger charge is -2.25. The summed E-state index contributed by atoms with van der Waals surface area (Å²) < 4.78 is 5.65. The second-order valence-electron chi connectivity index (χ2n) is 5.36. The third-order valence-corrected chi connectivity index (χ3v) is 3.43. The van der Waals surface area contributed by atoms with Crippen LogP contribution in [0.4, 0.5) is 0 Å². The Bertz CT molecular complexity index is 185. The van der Waals surface area contributed by atoms with Crippen LogP contribution < -0.4 is 5.32 Å². The number of likely N-dealkylation sites (tertiary alicyclic amines) is 1. The standard InChI is InChI=1S/C14H30N2O/c1-4-5-10-17-11-9-16-8-6-7-14(16)12-15-13(2)3/h13-15H,4-12H2,1-3H3. The number of ether oxygens (including phenoxy) is 1. The molecule has 0 bridgehead atoms. The lowest BCUT2D eigenvalue weighted by molar-refractivity contribution is 0.0969. The van der Waals surface area contributed by atoms with Crippen molar-refractivity contribution in [1.82, 2.24) is 10.2 Å². The normalized spacial score (nSPS) is 21.5. The molecule has 0 saturated carbocycles. The summed E-state index contributed by atoms with van der Waals surface area (Å²) in [7, 11) is 0. The summed E-state index contributed by atoms with van der Waals surface area (Å²) in [6.07, 6.45) is 5.11. The van der Waals surface area contributed by atoms with E-state index in [2.05, 4.69) is 31.0 Å². The molecule has 1 unspecified atom stereocenters. The van der Waals surface area contributed by atoms with Gasteiger partial charge in [0.25, 0.3) is 0 Å². The highest BCUT2D eigenvalue weighted by molar-refractivity contribution is 4.81. The molecule has 102 valence electrons. The number of hydrogen-bond donors (Lipinski definition) is 1. The van der Waals surface area contributed by atoms with Crippen LogP contribution in [-0.2, 0) is 4.74 Å². The second-order valence-corrected chi connectivity index (χ2v) is 5.36. The molecular weight excluding hydrogens is 212 g/mol. The molecule has 1 aliphatic rings. The maximum Gasteiger partial charge on any atom is 0.0593 e. The minimum Gasteiger partial charge on any atom is -0.380 e. The second kappa shape index (κ2) is 8.90. The summed E-state index contributed by atoms with van der Waals surface area (Å²) in [6.45, 7) is 12.0. The summed E-state index contributed by atoms with van der Waals surface area (Å²) in [5.41, 5.74) is 0. The van der Waals surface area contributed by atoms with E-state index in [0.717, 1.165) is 32.3 Å². The largest absolute Gasteiger partial charge is 0.380 e. The maximum atomic E-state index is 5.65. The minimum atomic E-state index is 0.596. The van der Waals surface area contributed by atoms with Crippen LogP contribution in [0.2, 0.25) is 0 Å². The van der Waals surface area contributed by atoms with Gasteiger partial charge in [-0.05, 0) is 25.8 Å². The molecule has 1 heterocycles. The van der Waals surface area contributed by atoms with E-state index in [9.17, 15) is 0 Å². The van der Waals surface area contributed by atoms with Crippen LogP contribution in [0.1, 0.15) is 46.5 Å². The number of rotatable bonds is 9. The van der Waals surface area contributed by atoms with Crippen molar-refractivity contribution in [3.8, 4) is 0 Å². The number of nitrogens with one attached hydrogen (secondary N) is 1. The third kappa shape index (κ3) is 6.39. The van der Waals surface area contributed by atoms with Gasteiger partial charge in [-0.2, -0.15) is 0 Å². The van der Waals surface area contributed by atoms with Crippen molar-refractivity contribution in [2.45, 2.75) is 58.5 Å². The van der Waals surface area contributed by atoms with E-state index in [-0.39, 0.29) is 0 Å². The Morgan fingerprint density at radius 1 is 1.35 bits per heavy atom. The Balaban J connectivity index is 2.09. The van der Waals surface area contributed by atoms with Gasteiger partial charge >= 0.3 is 0 Å². The van der Waals surface area contributed by atoms with E-state index >= 15 is 0 Å². The van der Waals surface area contributed by atoms with Gasteiger partial charge in [-0.1, -0.05) is 27.2 Å². The molecule has 0 aromatic carbocycles. The van der Waals surface area contributed by atoms with E-state index in [1.807, 2.05) is 0 Å². The zero-order chi connectivity index (χ0) is 12.5. The van der Waals surface area contributed by atoms with Crippen molar-refractivity contribution in [1.29, 1.82) is 0 Å². The first-order chi connectivity index (χ1) is 8.24. The van der Waals surface area contributed by atoms with Crippen LogP contribution in [0, 0.1) is 0 Å². The maximum absolute atomic E-state index is 5.65. The minimum absolute atomic E-state index is 0.596. The average Bonchev–Trinajstić information content (AvgIpc) is 2.73. The van der Waals surface area contributed by atoms with Crippen molar-refractivity contribution in [3.05, 3.63) is 0 Å². The zero-order valence-corrected chi connectivity index (χ0v) is 11.9. The molecule has 1 atom stereocenters. The van der Waals surface area contributed by atoms with Crippen LogP contribution in [0.25, 0.3) is 0 Å². The first-order valence-corrected chi connectivity index (χ1v) is 7.29. The molecule has 1 aliphatic heterocycles. The van der Waals surface area contributed by atoms with Gasteiger partial charge in [0.05, 0.1) is 6.61 Å². The molecule has 0 aliphatic carbocycles. The van der Waals surface area contributed by atoms with Crippen molar-refractivity contribution in [2.75, 3.05) is 32.8 Å². The molecule has 1 N–H and O–H groups in total. The van der Waals surface area contributed by atoms with Crippen LogP contribution >= 0.6 is 0 Å². The predicted molar refractivity (Wildman–Crippen MR) is 73.5 cm³/mol. The van der Waals surface area contributed by atoms with E-state index in [1.165, 1.54) is 32.2 Å². The lowest BCUT2D eigenvalue weighted by atomic mass is 10.2. The molecule has 0 amide bonds. The van der Waals surface area contributed by atoms with Gasteiger partial charge in [-0.25, -0.2) is 0 Å². The number of nitrogens with zero attached hydrogens (tertiary/aromatic N) is 1. The molecule has 1 fully saturated rings. The number of unbranched alkanes of at least 4 members (excludes halogenated alkanes) is 1. The fourth-order valence-electron chi connectivity index (χ4n) is 2.32. The fourth-order valence-corrected chi connectivity index (χ4v) is 2.32. The first-order valence-electron chi connectivity index (χ1n) is 7.29. The van der Waals surface area contributed by atoms with Crippen molar-refractivity contribution >= 4 is 0 Å². The number of hydrogen-bond acceptors (Lipinski definition) is 3. The molecule has 0 radical (unpaired) electrons. The highest BCUT2D eigenvalue weighted by atomic mass is 16.5.